The molecular weight excluding hydrogens is 332 g/mol. The lowest BCUT2D eigenvalue weighted by Gasteiger charge is -2.15. The number of aromatic nitrogens is 1. The van der Waals surface area contributed by atoms with E-state index in [0.29, 0.717) is 33.2 Å². The Bertz CT molecular complexity index is 1150. The Hall–Kier alpha value is -3.59. The number of carboxylic acid groups (broad SMARTS) is 1. The fourth-order valence-electron chi connectivity index (χ4n) is 3.10. The third kappa shape index (κ3) is 2.60. The first-order valence-electron chi connectivity index (χ1n) is 7.84. The Morgan fingerprint density at radius 2 is 1.92 bits per heavy atom. The SMILES string of the molecule is COc1ccc2c(=O)n(C)c(C#N)c(-c3ccc(C(=O)O)c(C)c3)c2c1. The van der Waals surface area contributed by atoms with Gasteiger partial charge in [-0.3, -0.25) is 4.79 Å². The van der Waals surface area contributed by atoms with Crippen LogP contribution in [-0.2, 0) is 7.05 Å². The molecule has 0 aliphatic carbocycles. The Morgan fingerprint density at radius 3 is 2.50 bits per heavy atom. The zero-order valence-corrected chi connectivity index (χ0v) is 14.5. The van der Waals surface area contributed by atoms with E-state index in [1.807, 2.05) is 0 Å². The lowest BCUT2D eigenvalue weighted by Crippen LogP contribution is -2.20. The van der Waals surface area contributed by atoms with Gasteiger partial charge < -0.3 is 14.4 Å². The Balaban J connectivity index is 2.46. The van der Waals surface area contributed by atoms with E-state index >= 15 is 0 Å². The average molecular weight is 348 g/mol. The number of nitrogens with zero attached hydrogens (tertiary/aromatic N) is 2. The van der Waals surface area contributed by atoms with E-state index in [9.17, 15) is 20.0 Å². The van der Waals surface area contributed by atoms with Crippen molar-refractivity contribution in [3.63, 3.8) is 0 Å². The maximum atomic E-state index is 12.6. The number of hydrogen-bond donors (Lipinski definition) is 1. The van der Waals surface area contributed by atoms with Gasteiger partial charge in [-0.15, -0.1) is 0 Å². The number of benzene rings is 2. The minimum atomic E-state index is -1.01. The summed E-state index contributed by atoms with van der Waals surface area (Å²) in [4.78, 5) is 23.9. The first kappa shape index (κ1) is 17.2. The quantitative estimate of drug-likeness (QED) is 0.785. The van der Waals surface area contributed by atoms with Gasteiger partial charge in [-0.2, -0.15) is 5.26 Å². The molecular formula is C20H16N2O4. The zero-order valence-electron chi connectivity index (χ0n) is 14.5. The predicted octanol–water partition coefficient (Wildman–Crippen LogP) is 3.09. The van der Waals surface area contributed by atoms with Gasteiger partial charge in [0.1, 0.15) is 17.5 Å². The maximum Gasteiger partial charge on any atom is 0.335 e. The third-order valence-electron chi connectivity index (χ3n) is 4.45. The normalized spacial score (nSPS) is 10.5. The molecule has 0 bridgehead atoms. The number of hydrogen-bond acceptors (Lipinski definition) is 4. The number of methoxy groups -OCH3 is 1. The number of aryl methyl sites for hydroxylation is 1. The molecule has 0 spiro atoms. The third-order valence-corrected chi connectivity index (χ3v) is 4.45. The molecule has 6 heteroatoms. The van der Waals surface area contributed by atoms with Crippen molar-refractivity contribution >= 4 is 16.7 Å². The summed E-state index contributed by atoms with van der Waals surface area (Å²) in [6.45, 7) is 1.70. The lowest BCUT2D eigenvalue weighted by molar-refractivity contribution is 0.0696. The van der Waals surface area contributed by atoms with Crippen LogP contribution in [0.4, 0.5) is 0 Å². The Kier molecular flexibility index (Phi) is 4.23. The van der Waals surface area contributed by atoms with Crippen LogP contribution in [-0.4, -0.2) is 22.8 Å². The van der Waals surface area contributed by atoms with Crippen LogP contribution in [0.25, 0.3) is 21.9 Å². The van der Waals surface area contributed by atoms with E-state index in [1.165, 1.54) is 17.7 Å². The van der Waals surface area contributed by atoms with Crippen molar-refractivity contribution in [3.05, 3.63) is 63.6 Å². The summed E-state index contributed by atoms with van der Waals surface area (Å²) in [5.41, 5.74) is 1.93. The minimum Gasteiger partial charge on any atom is -0.497 e. The molecule has 0 saturated carbocycles. The topological polar surface area (TPSA) is 92.3 Å². The van der Waals surface area contributed by atoms with Gasteiger partial charge in [-0.05, 0) is 42.3 Å². The molecule has 0 unspecified atom stereocenters. The molecule has 0 aliphatic heterocycles. The van der Waals surface area contributed by atoms with Crippen molar-refractivity contribution in [1.82, 2.24) is 4.57 Å². The molecule has 0 atom stereocenters. The molecule has 6 nitrogen and oxygen atoms in total. The van der Waals surface area contributed by atoms with Crippen LogP contribution in [0.3, 0.4) is 0 Å². The number of carbonyl (C=O) groups is 1. The van der Waals surface area contributed by atoms with Gasteiger partial charge in [0.2, 0.25) is 0 Å². The van der Waals surface area contributed by atoms with Crippen molar-refractivity contribution < 1.29 is 14.6 Å². The number of pyridine rings is 1. The van der Waals surface area contributed by atoms with Crippen molar-refractivity contribution in [2.75, 3.05) is 7.11 Å². The molecule has 1 heterocycles. The second-order valence-corrected chi connectivity index (χ2v) is 5.95. The van der Waals surface area contributed by atoms with Gasteiger partial charge in [0.25, 0.3) is 5.56 Å². The van der Waals surface area contributed by atoms with Crippen LogP contribution in [0.15, 0.2) is 41.2 Å². The highest BCUT2D eigenvalue weighted by atomic mass is 16.5. The number of carboxylic acids is 1. The number of rotatable bonds is 3. The molecule has 26 heavy (non-hydrogen) atoms. The van der Waals surface area contributed by atoms with Crippen molar-refractivity contribution in [2.45, 2.75) is 6.92 Å². The molecule has 3 aromatic rings. The smallest absolute Gasteiger partial charge is 0.335 e. The summed E-state index contributed by atoms with van der Waals surface area (Å²) in [6.07, 6.45) is 0. The first-order chi connectivity index (χ1) is 12.4. The van der Waals surface area contributed by atoms with Crippen molar-refractivity contribution in [3.8, 4) is 22.9 Å². The molecule has 130 valence electrons. The van der Waals surface area contributed by atoms with Crippen LogP contribution in [0.1, 0.15) is 21.6 Å². The van der Waals surface area contributed by atoms with Crippen molar-refractivity contribution in [1.29, 1.82) is 5.26 Å². The lowest BCUT2D eigenvalue weighted by atomic mass is 9.94. The van der Waals surface area contributed by atoms with E-state index < -0.39 is 5.97 Å². The van der Waals surface area contributed by atoms with Crippen LogP contribution < -0.4 is 10.3 Å². The first-order valence-corrected chi connectivity index (χ1v) is 7.84. The van der Waals surface area contributed by atoms with E-state index in [4.69, 9.17) is 4.74 Å². The summed E-state index contributed by atoms with van der Waals surface area (Å²) in [6, 6.07) is 12.0. The Labute approximate surface area is 149 Å². The van der Waals surface area contributed by atoms with E-state index in [1.54, 1.807) is 44.3 Å². The second kappa shape index (κ2) is 6.37. The number of nitriles is 1. The molecule has 0 saturated heterocycles. The second-order valence-electron chi connectivity index (χ2n) is 5.95. The highest BCUT2D eigenvalue weighted by Gasteiger charge is 2.18. The zero-order chi connectivity index (χ0) is 19.0. The molecule has 2 aromatic carbocycles. The van der Waals surface area contributed by atoms with Crippen molar-refractivity contribution in [2.24, 2.45) is 7.05 Å². The molecule has 1 N–H and O–H groups in total. The summed E-state index contributed by atoms with van der Waals surface area (Å²) in [5.74, 6) is -0.448. The molecule has 0 aliphatic rings. The van der Waals surface area contributed by atoms with Crippen LogP contribution >= 0.6 is 0 Å². The maximum absolute atomic E-state index is 12.6. The van der Waals surface area contributed by atoms with Crippen LogP contribution in [0, 0.1) is 18.3 Å². The number of ether oxygens (including phenoxy) is 1. The summed E-state index contributed by atoms with van der Waals surface area (Å²) < 4.78 is 6.57. The predicted molar refractivity (Wildman–Crippen MR) is 97.6 cm³/mol. The van der Waals surface area contributed by atoms with E-state index in [0.717, 1.165) is 0 Å². The van der Waals surface area contributed by atoms with E-state index in [-0.39, 0.29) is 16.8 Å². The molecule has 0 fully saturated rings. The van der Waals surface area contributed by atoms with Gasteiger partial charge in [0.15, 0.2) is 0 Å². The number of fused-ring (bicyclic) bond motifs is 1. The van der Waals surface area contributed by atoms with Gasteiger partial charge in [0, 0.05) is 23.4 Å². The highest BCUT2D eigenvalue weighted by molar-refractivity contribution is 6.00. The van der Waals surface area contributed by atoms with Gasteiger partial charge in [-0.25, -0.2) is 4.79 Å². The van der Waals surface area contributed by atoms with Crippen LogP contribution in [0.5, 0.6) is 5.75 Å². The van der Waals surface area contributed by atoms with Crippen LogP contribution in [0.2, 0.25) is 0 Å². The largest absolute Gasteiger partial charge is 0.497 e. The standard InChI is InChI=1S/C20H16N2O4/c1-11-8-12(4-6-14(11)20(24)25)18-16-9-13(26-3)5-7-15(16)19(23)22(2)17(18)10-21/h4-9H,1-3H3,(H,24,25). The molecule has 0 amide bonds. The van der Waals surface area contributed by atoms with Gasteiger partial charge in [-0.1, -0.05) is 12.1 Å². The highest BCUT2D eigenvalue weighted by Crippen LogP contribution is 2.33. The van der Waals surface area contributed by atoms with Gasteiger partial charge in [0.05, 0.1) is 12.7 Å². The summed E-state index contributed by atoms with van der Waals surface area (Å²) in [7, 11) is 3.07. The molecule has 3 rings (SSSR count). The summed E-state index contributed by atoms with van der Waals surface area (Å²) in [5, 5.41) is 19.9. The van der Waals surface area contributed by atoms with Gasteiger partial charge >= 0.3 is 5.97 Å². The molecule has 1 aromatic heterocycles. The summed E-state index contributed by atoms with van der Waals surface area (Å²) >= 11 is 0. The van der Waals surface area contributed by atoms with E-state index in [2.05, 4.69) is 6.07 Å². The monoisotopic (exact) mass is 348 g/mol. The fourth-order valence-corrected chi connectivity index (χ4v) is 3.10. The average Bonchev–Trinajstić information content (AvgIpc) is 2.63. The molecule has 0 radical (unpaired) electrons. The minimum absolute atomic E-state index is 0.193. The number of aromatic carboxylic acids is 1. The Morgan fingerprint density at radius 1 is 1.19 bits per heavy atom. The fraction of sp³-hybridized carbons (Fsp3) is 0.150.